The molecule has 6 fully saturated rings. The van der Waals surface area contributed by atoms with Crippen LogP contribution in [0.2, 0.25) is 0 Å². The van der Waals surface area contributed by atoms with Crippen LogP contribution >= 0.6 is 0 Å². The molecule has 3 aromatic carbocycles. The van der Waals surface area contributed by atoms with Crippen LogP contribution in [0.3, 0.4) is 0 Å². The number of amides is 3. The van der Waals surface area contributed by atoms with Crippen molar-refractivity contribution in [1.29, 1.82) is 0 Å². The molecule has 1 N–H and O–H groups in total. The first kappa shape index (κ1) is 54.7. The maximum absolute atomic E-state index is 16.9. The number of imide groups is 1. The van der Waals surface area contributed by atoms with Crippen molar-refractivity contribution in [3.8, 4) is 29.6 Å². The molecule has 0 radical (unpaired) electrons. The number of pyridine rings is 1. The Morgan fingerprint density at radius 3 is 2.24 bits per heavy atom. The van der Waals surface area contributed by atoms with Crippen LogP contribution in [0.25, 0.3) is 32.9 Å². The second-order valence-corrected chi connectivity index (χ2v) is 21.1. The normalized spacial score (nSPS) is 21.5. The fourth-order valence-electron chi connectivity index (χ4n) is 12.7. The van der Waals surface area contributed by atoms with E-state index in [2.05, 4.69) is 21.0 Å². The van der Waals surface area contributed by atoms with E-state index in [-0.39, 0.29) is 71.1 Å². The van der Waals surface area contributed by atoms with Crippen molar-refractivity contribution in [2.75, 3.05) is 82.5 Å². The van der Waals surface area contributed by atoms with Gasteiger partial charge in [-0.1, -0.05) is 44.0 Å². The molecule has 414 valence electrons. The quantitative estimate of drug-likeness (QED) is 0.0894. The number of anilines is 2. The van der Waals surface area contributed by atoms with Crippen LogP contribution in [-0.4, -0.2) is 139 Å². The van der Waals surface area contributed by atoms with Gasteiger partial charge in [0, 0.05) is 68.0 Å². The second-order valence-electron chi connectivity index (χ2n) is 21.1. The lowest BCUT2D eigenvalue weighted by Crippen LogP contribution is -2.43. The third-order valence-electron chi connectivity index (χ3n) is 16.6. The highest BCUT2D eigenvalue weighted by Crippen LogP contribution is 2.43. The maximum atomic E-state index is 16.9. The Hall–Kier alpha value is -6.62. The first-order chi connectivity index (χ1) is 37.9. The van der Waals surface area contributed by atoms with E-state index in [1.807, 2.05) is 30.9 Å². The van der Waals surface area contributed by atoms with Crippen LogP contribution in [0, 0.1) is 35.6 Å². The molecule has 12 rings (SSSR count). The number of benzene rings is 3. The minimum atomic E-state index is -0.999. The second kappa shape index (κ2) is 23.8. The van der Waals surface area contributed by atoms with Gasteiger partial charge in [-0.2, -0.15) is 9.97 Å². The number of ether oxygens (including phenoxy) is 4. The third-order valence-corrected chi connectivity index (χ3v) is 16.6. The van der Waals surface area contributed by atoms with Crippen LogP contribution in [0.15, 0.2) is 42.5 Å². The minimum absolute atomic E-state index is 0.00280. The fraction of sp³-hybridized carbons (Fsp3) is 0.525. The van der Waals surface area contributed by atoms with Gasteiger partial charge in [0.25, 0.3) is 0 Å². The third kappa shape index (κ3) is 10.9. The largest absolute Gasteiger partial charge is 0.461 e. The maximum Gasteiger partial charge on any atom is 0.409 e. The summed E-state index contributed by atoms with van der Waals surface area (Å²) in [5.74, 6) is -1.60. The molecule has 3 amide bonds. The van der Waals surface area contributed by atoms with Crippen molar-refractivity contribution < 1.29 is 50.9 Å². The van der Waals surface area contributed by atoms with E-state index in [4.69, 9.17) is 40.3 Å². The number of rotatable bonds is 8. The Morgan fingerprint density at radius 2 is 1.55 bits per heavy atom. The van der Waals surface area contributed by atoms with E-state index in [0.29, 0.717) is 91.3 Å². The average Bonchev–Trinajstić information content (AvgIpc) is 4.09. The molecule has 2 aromatic heterocycles. The molecular formula is C59H68F4N8O7. The van der Waals surface area contributed by atoms with Crippen LogP contribution in [-0.2, 0) is 30.2 Å². The molecule has 2 unspecified atom stereocenters. The fourth-order valence-corrected chi connectivity index (χ4v) is 12.7. The molecule has 2 atom stereocenters. The molecule has 0 aliphatic carbocycles. The highest BCUT2D eigenvalue weighted by molar-refractivity contribution is 6.03. The summed E-state index contributed by atoms with van der Waals surface area (Å²) in [5.41, 5.74) is 1.69. The van der Waals surface area contributed by atoms with Gasteiger partial charge >= 0.3 is 12.1 Å². The van der Waals surface area contributed by atoms with Gasteiger partial charge in [0.05, 0.1) is 60.1 Å². The van der Waals surface area contributed by atoms with Crippen LogP contribution in [0.4, 0.5) is 33.9 Å². The summed E-state index contributed by atoms with van der Waals surface area (Å²) >= 11 is 0. The Bertz CT molecular complexity index is 3070. The minimum Gasteiger partial charge on any atom is -0.461 e. The molecule has 9 heterocycles. The van der Waals surface area contributed by atoms with Gasteiger partial charge in [-0.25, -0.2) is 27.3 Å². The van der Waals surface area contributed by atoms with E-state index < -0.39 is 41.0 Å². The van der Waals surface area contributed by atoms with Gasteiger partial charge in [-0.05, 0) is 114 Å². The van der Waals surface area contributed by atoms with Crippen LogP contribution in [0.1, 0.15) is 114 Å². The average molecular weight is 1080 g/mol. The molecule has 15 nitrogen and oxygen atoms in total. The van der Waals surface area contributed by atoms with Crippen LogP contribution < -0.4 is 19.9 Å². The summed E-state index contributed by atoms with van der Waals surface area (Å²) in [5, 5.41) is 3.94. The number of aryl methyl sites for hydroxylation is 1. The van der Waals surface area contributed by atoms with Crippen molar-refractivity contribution in [3.05, 3.63) is 82.6 Å². The molecule has 6 saturated heterocycles. The highest BCUT2D eigenvalue weighted by Gasteiger charge is 2.45. The van der Waals surface area contributed by atoms with Gasteiger partial charge in [0.1, 0.15) is 41.1 Å². The predicted molar refractivity (Wildman–Crippen MR) is 287 cm³/mol. The predicted octanol–water partition coefficient (Wildman–Crippen LogP) is 9.38. The first-order valence-electron chi connectivity index (χ1n) is 27.8. The zero-order valence-corrected chi connectivity index (χ0v) is 44.7. The van der Waals surface area contributed by atoms with Gasteiger partial charge in [-0.15, -0.1) is 6.42 Å². The zero-order valence-electron chi connectivity index (χ0n) is 44.7. The molecule has 78 heavy (non-hydrogen) atoms. The summed E-state index contributed by atoms with van der Waals surface area (Å²) in [7, 11) is 1.37. The highest BCUT2D eigenvalue weighted by atomic mass is 19.1. The Kier molecular flexibility index (Phi) is 16.7. The summed E-state index contributed by atoms with van der Waals surface area (Å²) in [6.45, 7) is 11.0. The van der Waals surface area contributed by atoms with Crippen LogP contribution in [0.5, 0.6) is 6.01 Å². The molecule has 5 aromatic rings. The number of carbonyl (C=O) groups excluding carboxylic acids is 3. The number of piperidine rings is 3. The number of fused-ring (bicyclic) bond motifs is 4. The van der Waals surface area contributed by atoms with Crippen molar-refractivity contribution in [2.45, 2.75) is 127 Å². The number of nitrogens with zero attached hydrogens (tertiary/aromatic N) is 7. The number of hydrogen-bond donors (Lipinski definition) is 1. The lowest BCUT2D eigenvalue weighted by Gasteiger charge is -2.37. The Morgan fingerprint density at radius 1 is 0.833 bits per heavy atom. The van der Waals surface area contributed by atoms with Gasteiger partial charge in [-0.3, -0.25) is 19.8 Å². The lowest BCUT2D eigenvalue weighted by molar-refractivity contribution is -0.134. The molecule has 19 heteroatoms. The molecule has 7 aliphatic heterocycles. The molecule has 7 aliphatic rings. The van der Waals surface area contributed by atoms with Gasteiger partial charge in [0.15, 0.2) is 5.82 Å². The summed E-state index contributed by atoms with van der Waals surface area (Å²) < 4.78 is 84.7. The number of nitrogens with one attached hydrogen (secondary N) is 1. The molecule has 0 bridgehead atoms. The molecule has 0 spiro atoms. The summed E-state index contributed by atoms with van der Waals surface area (Å²) in [6, 6.07) is 11.2. The Labute approximate surface area is 452 Å². The topological polar surface area (TPSA) is 152 Å². The van der Waals surface area contributed by atoms with Crippen molar-refractivity contribution >= 4 is 51.1 Å². The number of aromatic nitrogens is 3. The number of likely N-dealkylation sites (tertiary alicyclic amines) is 1. The number of carbonyl (C=O) groups is 3. The monoisotopic (exact) mass is 1080 g/mol. The van der Waals surface area contributed by atoms with E-state index in [1.54, 1.807) is 17.0 Å². The molecule has 0 saturated carbocycles. The van der Waals surface area contributed by atoms with E-state index in [9.17, 15) is 27.6 Å². The van der Waals surface area contributed by atoms with E-state index >= 15 is 4.39 Å². The van der Waals surface area contributed by atoms with Crippen molar-refractivity contribution in [2.24, 2.45) is 0 Å². The van der Waals surface area contributed by atoms with Crippen molar-refractivity contribution in [3.63, 3.8) is 0 Å². The first-order valence-corrected chi connectivity index (χ1v) is 27.8. The van der Waals surface area contributed by atoms with Gasteiger partial charge in [0.2, 0.25) is 11.8 Å². The van der Waals surface area contributed by atoms with E-state index in [0.717, 1.165) is 83.8 Å². The molecular weight excluding hydrogens is 1010 g/mol. The standard InChI is InChI=1S/C34H33F2N5O2.C23H29F2N3O5.C2H6/c1-2-23-25(35)11-9-21-7-3-8-24(27(21)23)30-29(36)31-28-26(37-30)12-10-22-19-42-18-6-17-41(22)32(28)39-33(38-31)43-20-34-13-4-15-40(34)16-5-14-34;1-32-23(31)28-10-6-16(7-11-28)33-15-4-8-27(9-5-15)14-12-18(24)21(19(25)13-14)17-2-3-20(29)26-22(17)30;1-2/h1,3,7-9,11,22H,4-6,10,12-20H2;12-13,15-17H,2-11H2,1H3,(H,26,29,30);1-2H3. The number of methoxy groups -OCH3 is 1. The lowest BCUT2D eigenvalue weighted by atomic mass is 9.89. The zero-order chi connectivity index (χ0) is 54.7. The van der Waals surface area contributed by atoms with Crippen molar-refractivity contribution in [1.82, 2.24) is 30.1 Å². The van der Waals surface area contributed by atoms with E-state index in [1.165, 1.54) is 25.3 Å². The SMILES string of the molecule is C#Cc1c(F)ccc2cccc(-c3nc4c5c(nc(OCC67CCCN6CCC7)nc5c3F)N3CCCOCC3CC4)c12.CC.COC(=O)N1CCC(OC2CCN(c3cc(F)c(C4CCC(=O)NC4=O)c(F)c3)CC2)CC1. The number of terminal acetylenes is 1. The summed E-state index contributed by atoms with van der Waals surface area (Å²) in [4.78, 5) is 57.9. The summed E-state index contributed by atoms with van der Waals surface area (Å²) in [6.07, 6.45) is 15.4. The smallest absolute Gasteiger partial charge is 0.409 e. The number of hydrogen-bond acceptors (Lipinski definition) is 13. The number of halogens is 4. The Balaban J connectivity index is 0.000000177. The van der Waals surface area contributed by atoms with Gasteiger partial charge < -0.3 is 33.6 Å².